The summed E-state index contributed by atoms with van der Waals surface area (Å²) in [5.41, 5.74) is 2.46. The molecule has 0 bridgehead atoms. The van der Waals surface area contributed by atoms with Gasteiger partial charge in [-0.25, -0.2) is 0 Å². The van der Waals surface area contributed by atoms with Crippen LogP contribution in [0.3, 0.4) is 0 Å². The highest BCUT2D eigenvalue weighted by Crippen LogP contribution is 2.33. The number of hydrogen-bond acceptors (Lipinski definition) is 6. The summed E-state index contributed by atoms with van der Waals surface area (Å²) in [7, 11) is 0. The van der Waals surface area contributed by atoms with Gasteiger partial charge in [-0.15, -0.1) is 0 Å². The Kier molecular flexibility index (Phi) is 6.85. The van der Waals surface area contributed by atoms with Gasteiger partial charge in [0, 0.05) is 6.07 Å². The second-order valence-electron chi connectivity index (χ2n) is 7.48. The second-order valence-corrected chi connectivity index (χ2v) is 7.48. The Morgan fingerprint density at radius 1 is 0.455 bits per heavy atom. The highest BCUT2D eigenvalue weighted by Gasteiger charge is 2.10. The molecule has 0 aliphatic carbocycles. The highest BCUT2D eigenvalue weighted by molar-refractivity contribution is 5.46. The zero-order chi connectivity index (χ0) is 23.0. The van der Waals surface area contributed by atoms with Gasteiger partial charge in [-0.05, 0) is 65.2 Å². The smallest absolute Gasteiger partial charge is 0.165 e. The van der Waals surface area contributed by atoms with Crippen LogP contribution in [0.25, 0.3) is 0 Å². The number of rotatable bonds is 9. The molecule has 0 aliphatic heterocycles. The summed E-state index contributed by atoms with van der Waals surface area (Å²) in [6, 6.07) is 25.9. The topological polar surface area (TPSA) is 88.4 Å². The van der Waals surface area contributed by atoms with E-state index >= 15 is 0 Å². The highest BCUT2D eigenvalue weighted by atomic mass is 16.5. The van der Waals surface area contributed by atoms with Gasteiger partial charge in [0.05, 0.1) is 0 Å². The predicted octanol–water partition coefficient (Wildman–Crippen LogP) is 5.54. The third kappa shape index (κ3) is 6.33. The van der Waals surface area contributed by atoms with Crippen molar-refractivity contribution < 1.29 is 29.5 Å². The van der Waals surface area contributed by atoms with E-state index < -0.39 is 0 Å². The average molecular weight is 444 g/mol. The molecule has 0 fully saturated rings. The van der Waals surface area contributed by atoms with E-state index in [4.69, 9.17) is 14.2 Å². The SMILES string of the molecule is Oc1cccc(COc2ccc(OCc3cccc(O)c3)c(OCc3cccc(O)c3)c2)c1. The fourth-order valence-corrected chi connectivity index (χ4v) is 3.24. The van der Waals surface area contributed by atoms with Crippen molar-refractivity contribution in [3.05, 3.63) is 108 Å². The lowest BCUT2D eigenvalue weighted by molar-refractivity contribution is 0.251. The number of benzene rings is 4. The molecule has 0 radical (unpaired) electrons. The number of phenols is 3. The summed E-state index contributed by atoms with van der Waals surface area (Å²) in [4.78, 5) is 0. The lowest BCUT2D eigenvalue weighted by atomic mass is 10.2. The monoisotopic (exact) mass is 444 g/mol. The summed E-state index contributed by atoms with van der Waals surface area (Å²) < 4.78 is 17.8. The van der Waals surface area contributed by atoms with E-state index in [1.165, 1.54) is 0 Å². The lowest BCUT2D eigenvalue weighted by Crippen LogP contribution is -2.02. The quantitative estimate of drug-likeness (QED) is 0.314. The van der Waals surface area contributed by atoms with Crippen molar-refractivity contribution in [1.29, 1.82) is 0 Å². The molecule has 0 heterocycles. The Bertz CT molecular complexity index is 1220. The number of aromatic hydroxyl groups is 3. The maximum atomic E-state index is 9.70. The molecule has 0 spiro atoms. The molecule has 33 heavy (non-hydrogen) atoms. The number of phenolic OH excluding ortho intramolecular Hbond substituents is 3. The van der Waals surface area contributed by atoms with Crippen molar-refractivity contribution in [3.63, 3.8) is 0 Å². The van der Waals surface area contributed by atoms with Gasteiger partial charge in [-0.2, -0.15) is 0 Å². The van der Waals surface area contributed by atoms with Crippen LogP contribution in [-0.4, -0.2) is 15.3 Å². The molecule has 0 atom stereocenters. The van der Waals surface area contributed by atoms with Crippen LogP contribution in [0.15, 0.2) is 91.0 Å². The third-order valence-electron chi connectivity index (χ3n) is 4.84. The van der Waals surface area contributed by atoms with Crippen LogP contribution in [0.4, 0.5) is 0 Å². The van der Waals surface area contributed by atoms with E-state index in [1.54, 1.807) is 72.8 Å². The maximum Gasteiger partial charge on any atom is 0.165 e. The molecule has 4 rings (SSSR count). The van der Waals surface area contributed by atoms with Gasteiger partial charge < -0.3 is 29.5 Å². The normalized spacial score (nSPS) is 10.5. The van der Waals surface area contributed by atoms with Crippen LogP contribution in [0.1, 0.15) is 16.7 Å². The molecule has 6 heteroatoms. The first-order valence-corrected chi connectivity index (χ1v) is 10.4. The molecule has 3 N–H and O–H groups in total. The zero-order valence-corrected chi connectivity index (χ0v) is 17.8. The molecular weight excluding hydrogens is 420 g/mol. The van der Waals surface area contributed by atoms with Crippen LogP contribution >= 0.6 is 0 Å². The minimum atomic E-state index is 0.166. The summed E-state index contributed by atoms with van der Waals surface area (Å²) in [5.74, 6) is 2.10. The summed E-state index contributed by atoms with van der Waals surface area (Å²) in [6.45, 7) is 0.761. The Labute approximate surface area is 191 Å². The molecule has 4 aromatic carbocycles. The van der Waals surface area contributed by atoms with E-state index in [9.17, 15) is 15.3 Å². The lowest BCUT2D eigenvalue weighted by Gasteiger charge is -2.15. The molecule has 6 nitrogen and oxygen atoms in total. The zero-order valence-electron chi connectivity index (χ0n) is 17.8. The molecule has 0 amide bonds. The van der Waals surface area contributed by atoms with Crippen LogP contribution in [0.5, 0.6) is 34.5 Å². The minimum absolute atomic E-state index is 0.166. The van der Waals surface area contributed by atoms with E-state index in [-0.39, 0.29) is 37.1 Å². The molecule has 0 aromatic heterocycles. The van der Waals surface area contributed by atoms with E-state index in [1.807, 2.05) is 18.2 Å². The summed E-state index contributed by atoms with van der Waals surface area (Å²) in [5, 5.41) is 29.0. The second kappa shape index (κ2) is 10.3. The summed E-state index contributed by atoms with van der Waals surface area (Å²) >= 11 is 0. The molecule has 4 aromatic rings. The van der Waals surface area contributed by atoms with Crippen molar-refractivity contribution in [2.45, 2.75) is 19.8 Å². The van der Waals surface area contributed by atoms with Gasteiger partial charge in [0.2, 0.25) is 0 Å². The van der Waals surface area contributed by atoms with Crippen LogP contribution < -0.4 is 14.2 Å². The number of hydrogen-bond donors (Lipinski definition) is 3. The fraction of sp³-hybridized carbons (Fsp3) is 0.111. The van der Waals surface area contributed by atoms with Gasteiger partial charge in [-0.1, -0.05) is 36.4 Å². The van der Waals surface area contributed by atoms with Crippen molar-refractivity contribution in [1.82, 2.24) is 0 Å². The van der Waals surface area contributed by atoms with Crippen LogP contribution in [0.2, 0.25) is 0 Å². The van der Waals surface area contributed by atoms with Crippen molar-refractivity contribution >= 4 is 0 Å². The van der Waals surface area contributed by atoms with Crippen LogP contribution in [0, 0.1) is 0 Å². The van der Waals surface area contributed by atoms with Gasteiger partial charge >= 0.3 is 0 Å². The average Bonchev–Trinajstić information content (AvgIpc) is 2.81. The van der Waals surface area contributed by atoms with Crippen molar-refractivity contribution in [2.75, 3.05) is 0 Å². The van der Waals surface area contributed by atoms with Gasteiger partial charge in [0.15, 0.2) is 11.5 Å². The van der Waals surface area contributed by atoms with Crippen LogP contribution in [-0.2, 0) is 19.8 Å². The molecule has 0 aliphatic rings. The molecule has 0 unspecified atom stereocenters. The van der Waals surface area contributed by atoms with Gasteiger partial charge in [-0.3, -0.25) is 0 Å². The molecule has 0 saturated carbocycles. The third-order valence-corrected chi connectivity index (χ3v) is 4.84. The van der Waals surface area contributed by atoms with E-state index in [0.717, 1.165) is 16.7 Å². The van der Waals surface area contributed by atoms with Gasteiger partial charge in [0.1, 0.15) is 42.8 Å². The van der Waals surface area contributed by atoms with E-state index in [2.05, 4.69) is 0 Å². The molecule has 168 valence electrons. The molecular formula is C27H24O6. The first-order valence-electron chi connectivity index (χ1n) is 10.4. The van der Waals surface area contributed by atoms with E-state index in [0.29, 0.717) is 17.2 Å². The Morgan fingerprint density at radius 3 is 1.39 bits per heavy atom. The Hall–Kier alpha value is -4.32. The first-order chi connectivity index (χ1) is 16.0. The van der Waals surface area contributed by atoms with Crippen molar-refractivity contribution in [2.24, 2.45) is 0 Å². The predicted molar refractivity (Wildman–Crippen MR) is 124 cm³/mol. The summed E-state index contributed by atoms with van der Waals surface area (Å²) in [6.07, 6.45) is 0. The van der Waals surface area contributed by atoms with Gasteiger partial charge in [0.25, 0.3) is 0 Å². The molecule has 0 saturated heterocycles. The largest absolute Gasteiger partial charge is 0.508 e. The minimum Gasteiger partial charge on any atom is -0.508 e. The van der Waals surface area contributed by atoms with Crippen molar-refractivity contribution in [3.8, 4) is 34.5 Å². The number of ether oxygens (including phenoxy) is 3. The Balaban J connectivity index is 1.50. The fourth-order valence-electron chi connectivity index (χ4n) is 3.24. The Morgan fingerprint density at radius 2 is 0.909 bits per heavy atom. The maximum absolute atomic E-state index is 9.70. The standard InChI is InChI=1S/C27H24O6/c28-22-7-1-4-19(12-22)16-31-25-10-11-26(32-17-20-5-2-8-23(29)13-20)27(15-25)33-18-21-6-3-9-24(30)14-21/h1-15,28-30H,16-18H2. The first kappa shape index (κ1) is 21.9.